The Bertz CT molecular complexity index is 863. The molecule has 4 rings (SSSR count). The highest BCUT2D eigenvalue weighted by molar-refractivity contribution is 6.16. The molecule has 2 unspecified atom stereocenters. The first kappa shape index (κ1) is 22.0. The van der Waals surface area contributed by atoms with Crippen LogP contribution in [0.3, 0.4) is 0 Å². The molecule has 3 aliphatic rings. The largest absolute Gasteiger partial charge is 0.396 e. The number of ether oxygens (including phenoxy) is 1. The Labute approximate surface area is 182 Å². The molecule has 2 atom stereocenters. The standard InChI is InChI=1S/C22H31FN6O2/c1-22(3-4-22)31-19-11-15(17(24)12-16(19)23)21(25)18-13-20(27-14-26-18)29-8-6-28(7-9-29)5-2-10-30/h12-15,19,24-25,30H,2-11H2,1H3. The van der Waals surface area contributed by atoms with Crippen LogP contribution in [0.25, 0.3) is 0 Å². The van der Waals surface area contributed by atoms with Crippen LogP contribution >= 0.6 is 0 Å². The van der Waals surface area contributed by atoms with Crippen molar-refractivity contribution < 1.29 is 14.2 Å². The second-order valence-electron chi connectivity index (χ2n) is 8.91. The summed E-state index contributed by atoms with van der Waals surface area (Å²) in [6.07, 6.45) is 4.81. The fourth-order valence-electron chi connectivity index (χ4n) is 4.15. The van der Waals surface area contributed by atoms with Crippen LogP contribution in [-0.4, -0.2) is 82.4 Å². The van der Waals surface area contributed by atoms with Gasteiger partial charge in [-0.2, -0.15) is 0 Å². The zero-order valence-electron chi connectivity index (χ0n) is 18.0. The first-order valence-corrected chi connectivity index (χ1v) is 11.0. The Morgan fingerprint density at radius 1 is 1.29 bits per heavy atom. The van der Waals surface area contributed by atoms with Crippen LogP contribution in [-0.2, 0) is 4.74 Å². The first-order valence-electron chi connectivity index (χ1n) is 11.0. The van der Waals surface area contributed by atoms with Gasteiger partial charge in [0.15, 0.2) is 0 Å². The molecule has 1 aliphatic heterocycles. The minimum Gasteiger partial charge on any atom is -0.396 e. The van der Waals surface area contributed by atoms with Crippen molar-refractivity contribution in [3.63, 3.8) is 0 Å². The lowest BCUT2D eigenvalue weighted by Gasteiger charge is -2.35. The van der Waals surface area contributed by atoms with E-state index in [1.807, 2.05) is 6.92 Å². The molecule has 0 radical (unpaired) electrons. The van der Waals surface area contributed by atoms with Gasteiger partial charge < -0.3 is 25.6 Å². The molecular formula is C22H31FN6O2. The molecular weight excluding hydrogens is 399 g/mol. The van der Waals surface area contributed by atoms with E-state index in [0.29, 0.717) is 5.69 Å². The molecule has 1 aromatic heterocycles. The Kier molecular flexibility index (Phi) is 6.45. The van der Waals surface area contributed by atoms with E-state index in [1.165, 1.54) is 12.4 Å². The molecule has 3 N–H and O–H groups in total. The van der Waals surface area contributed by atoms with E-state index in [-0.39, 0.29) is 30.1 Å². The van der Waals surface area contributed by atoms with Crippen LogP contribution in [0.1, 0.15) is 38.3 Å². The summed E-state index contributed by atoms with van der Waals surface area (Å²) in [7, 11) is 0. The summed E-state index contributed by atoms with van der Waals surface area (Å²) in [6, 6.07) is 1.80. The third-order valence-electron chi connectivity index (χ3n) is 6.41. The molecule has 1 saturated carbocycles. The van der Waals surface area contributed by atoms with Crippen molar-refractivity contribution in [2.24, 2.45) is 5.92 Å². The van der Waals surface area contributed by atoms with Gasteiger partial charge in [0.05, 0.1) is 17.0 Å². The molecule has 2 fully saturated rings. The molecule has 2 heterocycles. The van der Waals surface area contributed by atoms with Crippen molar-refractivity contribution in [3.05, 3.63) is 30.0 Å². The van der Waals surface area contributed by atoms with Crippen molar-refractivity contribution in [3.8, 4) is 0 Å². The number of rotatable bonds is 8. The van der Waals surface area contributed by atoms with Crippen LogP contribution in [0, 0.1) is 16.7 Å². The van der Waals surface area contributed by atoms with E-state index in [2.05, 4.69) is 19.8 Å². The topological polar surface area (TPSA) is 109 Å². The Hall–Kier alpha value is -2.23. The Balaban J connectivity index is 1.42. The highest BCUT2D eigenvalue weighted by Gasteiger charge is 2.44. The van der Waals surface area contributed by atoms with Gasteiger partial charge in [0.1, 0.15) is 24.1 Å². The van der Waals surface area contributed by atoms with E-state index in [1.54, 1.807) is 6.07 Å². The smallest absolute Gasteiger partial charge is 0.132 e. The summed E-state index contributed by atoms with van der Waals surface area (Å²) in [6.45, 7) is 6.49. The first-order chi connectivity index (χ1) is 14.9. The van der Waals surface area contributed by atoms with Gasteiger partial charge in [-0.05, 0) is 38.7 Å². The van der Waals surface area contributed by atoms with E-state index < -0.39 is 17.8 Å². The minimum atomic E-state index is -0.708. The summed E-state index contributed by atoms with van der Waals surface area (Å²) in [5, 5.41) is 25.9. The zero-order valence-corrected chi connectivity index (χ0v) is 18.0. The fraction of sp³-hybridized carbons (Fsp3) is 0.636. The van der Waals surface area contributed by atoms with Gasteiger partial charge in [-0.3, -0.25) is 4.90 Å². The number of nitrogens with zero attached hydrogens (tertiary/aromatic N) is 4. The van der Waals surface area contributed by atoms with Crippen molar-refractivity contribution in [2.75, 3.05) is 44.2 Å². The summed E-state index contributed by atoms with van der Waals surface area (Å²) in [5.74, 6) is -0.214. The van der Waals surface area contributed by atoms with E-state index >= 15 is 0 Å². The van der Waals surface area contributed by atoms with Gasteiger partial charge in [0.2, 0.25) is 0 Å². The number of anilines is 1. The number of hydrogen-bond acceptors (Lipinski definition) is 8. The molecule has 0 bridgehead atoms. The molecule has 0 spiro atoms. The summed E-state index contributed by atoms with van der Waals surface area (Å²) in [5.41, 5.74) is 0.479. The second kappa shape index (κ2) is 9.10. The highest BCUT2D eigenvalue weighted by atomic mass is 19.1. The molecule has 2 aliphatic carbocycles. The van der Waals surface area contributed by atoms with Crippen molar-refractivity contribution in [1.29, 1.82) is 10.8 Å². The monoisotopic (exact) mass is 430 g/mol. The lowest BCUT2D eigenvalue weighted by atomic mass is 9.84. The number of aliphatic hydroxyl groups excluding tert-OH is 1. The van der Waals surface area contributed by atoms with E-state index in [9.17, 15) is 4.39 Å². The Morgan fingerprint density at radius 2 is 2.03 bits per heavy atom. The lowest BCUT2D eigenvalue weighted by molar-refractivity contribution is -0.0169. The van der Waals surface area contributed by atoms with Gasteiger partial charge in [-0.15, -0.1) is 0 Å². The molecule has 0 amide bonds. The van der Waals surface area contributed by atoms with Crippen LogP contribution in [0.15, 0.2) is 24.3 Å². The van der Waals surface area contributed by atoms with Gasteiger partial charge in [0.25, 0.3) is 0 Å². The van der Waals surface area contributed by atoms with Crippen molar-refractivity contribution in [1.82, 2.24) is 14.9 Å². The number of aromatic nitrogens is 2. The van der Waals surface area contributed by atoms with Gasteiger partial charge in [-0.1, -0.05) is 0 Å². The SMILES string of the molecule is CC1(OC2CC(C(=N)c3cc(N4CCN(CCCO)CC4)ncn3)C(=N)C=C2F)CC1. The molecule has 1 aromatic rings. The molecule has 168 valence electrons. The number of aliphatic hydroxyl groups is 1. The summed E-state index contributed by atoms with van der Waals surface area (Å²) in [4.78, 5) is 13.2. The average molecular weight is 431 g/mol. The molecule has 1 saturated heterocycles. The van der Waals surface area contributed by atoms with Gasteiger partial charge in [0, 0.05) is 57.0 Å². The third kappa shape index (κ3) is 5.16. The maximum absolute atomic E-state index is 14.4. The number of piperazine rings is 1. The van der Waals surface area contributed by atoms with E-state index in [0.717, 1.165) is 57.8 Å². The molecule has 8 nitrogen and oxygen atoms in total. The van der Waals surface area contributed by atoms with Crippen LogP contribution in [0.2, 0.25) is 0 Å². The van der Waals surface area contributed by atoms with Crippen molar-refractivity contribution >= 4 is 17.2 Å². The summed E-state index contributed by atoms with van der Waals surface area (Å²) >= 11 is 0. The molecule has 9 heteroatoms. The zero-order chi connectivity index (χ0) is 22.0. The number of allylic oxidation sites excluding steroid dienone is 1. The number of halogens is 1. The van der Waals surface area contributed by atoms with Gasteiger partial charge >= 0.3 is 0 Å². The van der Waals surface area contributed by atoms with Gasteiger partial charge in [-0.25, -0.2) is 14.4 Å². The predicted molar refractivity (Wildman–Crippen MR) is 117 cm³/mol. The number of nitrogens with one attached hydrogen (secondary N) is 2. The maximum Gasteiger partial charge on any atom is 0.132 e. The third-order valence-corrected chi connectivity index (χ3v) is 6.41. The number of hydrogen-bond donors (Lipinski definition) is 3. The predicted octanol–water partition coefficient (Wildman–Crippen LogP) is 2.18. The normalized spacial score (nSPS) is 26.0. The van der Waals surface area contributed by atoms with Crippen molar-refractivity contribution in [2.45, 2.75) is 44.3 Å². The van der Waals surface area contributed by atoms with E-state index in [4.69, 9.17) is 20.7 Å². The molecule has 0 aromatic carbocycles. The summed E-state index contributed by atoms with van der Waals surface area (Å²) < 4.78 is 20.3. The molecule has 31 heavy (non-hydrogen) atoms. The van der Waals surface area contributed by atoms with Crippen LogP contribution < -0.4 is 4.90 Å². The minimum absolute atomic E-state index is 0.0842. The highest BCUT2D eigenvalue weighted by Crippen LogP contribution is 2.42. The second-order valence-corrected chi connectivity index (χ2v) is 8.91. The Morgan fingerprint density at radius 3 is 2.71 bits per heavy atom. The quantitative estimate of drug-likeness (QED) is 0.546. The lowest BCUT2D eigenvalue weighted by Crippen LogP contribution is -2.47. The maximum atomic E-state index is 14.4. The van der Waals surface area contributed by atoms with Crippen LogP contribution in [0.5, 0.6) is 0 Å². The average Bonchev–Trinajstić information content (AvgIpc) is 3.51. The fourth-order valence-corrected chi connectivity index (χ4v) is 4.15. The van der Waals surface area contributed by atoms with Crippen LogP contribution in [0.4, 0.5) is 10.2 Å².